The van der Waals surface area contributed by atoms with Crippen LogP contribution in [0.15, 0.2) is 52.9 Å². The summed E-state index contributed by atoms with van der Waals surface area (Å²) < 4.78 is 16.0. The average Bonchev–Trinajstić information content (AvgIpc) is 3.27. The summed E-state index contributed by atoms with van der Waals surface area (Å²) in [6.07, 6.45) is 0. The summed E-state index contributed by atoms with van der Waals surface area (Å²) in [5.41, 5.74) is 1.78. The van der Waals surface area contributed by atoms with Crippen molar-refractivity contribution in [3.05, 3.63) is 48.5 Å². The van der Waals surface area contributed by atoms with Gasteiger partial charge in [-0.3, -0.25) is 5.32 Å². The Morgan fingerprint density at radius 3 is 2.44 bits per heavy atom. The third-order valence-electron chi connectivity index (χ3n) is 3.83. The maximum atomic E-state index is 5.67. The van der Waals surface area contributed by atoms with E-state index in [-0.39, 0.29) is 0 Å². The van der Waals surface area contributed by atoms with E-state index >= 15 is 0 Å². The van der Waals surface area contributed by atoms with E-state index in [0.29, 0.717) is 11.9 Å². The summed E-state index contributed by atoms with van der Waals surface area (Å²) in [7, 11) is 3.27. The van der Waals surface area contributed by atoms with E-state index < -0.39 is 0 Å². The minimum absolute atomic E-state index is 0.310. The highest BCUT2D eigenvalue weighted by Crippen LogP contribution is 2.27. The molecule has 0 saturated heterocycles. The second-order valence-corrected chi connectivity index (χ2v) is 5.40. The number of nitrogens with zero attached hydrogens (tertiary/aromatic N) is 2. The first-order chi connectivity index (χ1) is 12.2. The van der Waals surface area contributed by atoms with Crippen LogP contribution in [-0.2, 0) is 0 Å². The molecule has 0 unspecified atom stereocenters. The summed E-state index contributed by atoms with van der Waals surface area (Å²) in [6.45, 7) is 0. The van der Waals surface area contributed by atoms with Crippen molar-refractivity contribution in [2.24, 2.45) is 0 Å². The van der Waals surface area contributed by atoms with Crippen molar-refractivity contribution in [1.82, 2.24) is 15.2 Å². The molecule has 0 aliphatic heterocycles. The average molecular weight is 336 g/mol. The summed E-state index contributed by atoms with van der Waals surface area (Å²) in [5, 5.41) is 12.2. The molecule has 2 heterocycles. The van der Waals surface area contributed by atoms with Crippen molar-refractivity contribution in [3.8, 4) is 23.0 Å². The second kappa shape index (κ2) is 6.20. The van der Waals surface area contributed by atoms with Gasteiger partial charge >= 0.3 is 6.01 Å². The van der Waals surface area contributed by atoms with Crippen LogP contribution in [0.2, 0.25) is 0 Å². The molecule has 126 valence electrons. The van der Waals surface area contributed by atoms with E-state index in [1.54, 1.807) is 14.2 Å². The Hall–Kier alpha value is -3.48. The van der Waals surface area contributed by atoms with Gasteiger partial charge in [0.1, 0.15) is 17.3 Å². The number of ether oxygens (including phenoxy) is 2. The fourth-order valence-electron chi connectivity index (χ4n) is 2.54. The summed E-state index contributed by atoms with van der Waals surface area (Å²) in [6, 6.07) is 15.5. The van der Waals surface area contributed by atoms with E-state index in [9.17, 15) is 0 Å². The largest absolute Gasteiger partial charge is 0.497 e. The van der Waals surface area contributed by atoms with Gasteiger partial charge in [-0.1, -0.05) is 5.10 Å². The number of hydrogen-bond acceptors (Lipinski definition) is 6. The highest BCUT2D eigenvalue weighted by Gasteiger charge is 2.10. The molecule has 0 bridgehead atoms. The predicted molar refractivity (Wildman–Crippen MR) is 94.4 cm³/mol. The van der Waals surface area contributed by atoms with Gasteiger partial charge in [-0.05, 0) is 42.5 Å². The molecular formula is C18H16N4O3. The lowest BCUT2D eigenvalue weighted by Crippen LogP contribution is -1.89. The Bertz CT molecular complexity index is 1000. The lowest BCUT2D eigenvalue weighted by Gasteiger charge is -1.99. The molecule has 4 aromatic rings. The highest BCUT2D eigenvalue weighted by atomic mass is 16.5. The van der Waals surface area contributed by atoms with E-state index in [1.807, 2.05) is 48.5 Å². The first-order valence-electron chi connectivity index (χ1n) is 7.67. The molecular weight excluding hydrogens is 320 g/mol. The fourth-order valence-corrected chi connectivity index (χ4v) is 2.54. The van der Waals surface area contributed by atoms with E-state index in [1.165, 1.54) is 0 Å². The quantitative estimate of drug-likeness (QED) is 0.573. The summed E-state index contributed by atoms with van der Waals surface area (Å²) in [4.78, 5) is 3.25. The van der Waals surface area contributed by atoms with Crippen LogP contribution in [-0.4, -0.2) is 29.4 Å². The monoisotopic (exact) mass is 336 g/mol. The van der Waals surface area contributed by atoms with Gasteiger partial charge in [-0.15, -0.1) is 5.10 Å². The fraction of sp³-hybridized carbons (Fsp3) is 0.111. The molecule has 7 heteroatoms. The molecule has 2 aromatic carbocycles. The normalized spacial score (nSPS) is 10.8. The van der Waals surface area contributed by atoms with Crippen molar-refractivity contribution in [2.45, 2.75) is 0 Å². The maximum Gasteiger partial charge on any atom is 0.321 e. The van der Waals surface area contributed by atoms with Crippen LogP contribution in [0.5, 0.6) is 11.5 Å². The molecule has 7 nitrogen and oxygen atoms in total. The van der Waals surface area contributed by atoms with Crippen molar-refractivity contribution in [3.63, 3.8) is 0 Å². The van der Waals surface area contributed by atoms with Gasteiger partial charge in [0.25, 0.3) is 0 Å². The molecule has 0 atom stereocenters. The molecule has 0 spiro atoms. The zero-order valence-electron chi connectivity index (χ0n) is 13.7. The second-order valence-electron chi connectivity index (χ2n) is 5.40. The van der Waals surface area contributed by atoms with Gasteiger partial charge in [0.15, 0.2) is 0 Å². The third-order valence-corrected chi connectivity index (χ3v) is 3.83. The van der Waals surface area contributed by atoms with Crippen molar-refractivity contribution in [2.75, 3.05) is 19.5 Å². The number of fused-ring (bicyclic) bond motifs is 1. The molecule has 0 fully saturated rings. The van der Waals surface area contributed by atoms with E-state index in [2.05, 4.69) is 20.5 Å². The minimum atomic E-state index is 0.310. The minimum Gasteiger partial charge on any atom is -0.497 e. The Kier molecular flexibility index (Phi) is 3.74. The molecule has 0 aliphatic carbocycles. The smallest absolute Gasteiger partial charge is 0.321 e. The lowest BCUT2D eigenvalue weighted by molar-refractivity contribution is 0.415. The number of aromatic amines is 1. The Morgan fingerprint density at radius 2 is 1.68 bits per heavy atom. The summed E-state index contributed by atoms with van der Waals surface area (Å²) >= 11 is 0. The first kappa shape index (κ1) is 15.1. The van der Waals surface area contributed by atoms with E-state index in [4.69, 9.17) is 13.9 Å². The molecule has 4 rings (SSSR count). The van der Waals surface area contributed by atoms with Gasteiger partial charge < -0.3 is 18.9 Å². The number of H-pyrrole nitrogens is 1. The van der Waals surface area contributed by atoms with Gasteiger partial charge in [-0.25, -0.2) is 0 Å². The molecule has 0 amide bonds. The number of benzene rings is 2. The third kappa shape index (κ3) is 2.99. The maximum absolute atomic E-state index is 5.67. The van der Waals surface area contributed by atoms with Crippen LogP contribution in [0.3, 0.4) is 0 Å². The number of hydrogen-bond donors (Lipinski definition) is 2. The molecule has 0 aliphatic rings. The molecule has 0 saturated carbocycles. The Morgan fingerprint density at radius 1 is 0.920 bits per heavy atom. The Labute approximate surface area is 143 Å². The molecule has 2 aromatic heterocycles. The lowest BCUT2D eigenvalue weighted by atomic mass is 10.2. The topological polar surface area (TPSA) is 85.2 Å². The van der Waals surface area contributed by atoms with E-state index in [0.717, 1.165) is 33.8 Å². The van der Waals surface area contributed by atoms with Crippen LogP contribution >= 0.6 is 0 Å². The van der Waals surface area contributed by atoms with Gasteiger partial charge in [0.2, 0.25) is 5.89 Å². The SMILES string of the molecule is COc1ccc(-c2nnc(Nc3cc4ccc(OC)cc4[nH]3)o2)cc1. The zero-order valence-corrected chi connectivity index (χ0v) is 13.7. The van der Waals surface area contributed by atoms with Crippen LogP contribution in [0.4, 0.5) is 11.8 Å². The number of anilines is 2. The number of methoxy groups -OCH3 is 2. The zero-order chi connectivity index (χ0) is 17.2. The van der Waals surface area contributed by atoms with Crippen molar-refractivity contribution < 1.29 is 13.9 Å². The number of nitrogens with one attached hydrogen (secondary N) is 2. The molecule has 0 radical (unpaired) electrons. The van der Waals surface area contributed by atoms with Gasteiger partial charge in [0.05, 0.1) is 19.7 Å². The molecule has 2 N–H and O–H groups in total. The first-order valence-corrected chi connectivity index (χ1v) is 7.67. The van der Waals surface area contributed by atoms with Crippen LogP contribution < -0.4 is 14.8 Å². The number of rotatable bonds is 5. The van der Waals surface area contributed by atoms with Crippen LogP contribution in [0, 0.1) is 0 Å². The summed E-state index contributed by atoms with van der Waals surface area (Å²) in [5.74, 6) is 2.76. The standard InChI is InChI=1S/C18H16N4O3/c1-23-13-6-3-11(4-7-13)17-21-22-18(25-17)20-16-9-12-5-8-14(24-2)10-15(12)19-16/h3-10,19H,1-2H3,(H,20,22). The van der Waals surface area contributed by atoms with Crippen molar-refractivity contribution in [1.29, 1.82) is 0 Å². The Balaban J connectivity index is 1.56. The van der Waals surface area contributed by atoms with Crippen molar-refractivity contribution >= 4 is 22.7 Å². The van der Waals surface area contributed by atoms with Crippen LogP contribution in [0.25, 0.3) is 22.4 Å². The molecule has 25 heavy (non-hydrogen) atoms. The van der Waals surface area contributed by atoms with Crippen LogP contribution in [0.1, 0.15) is 0 Å². The number of aromatic nitrogens is 3. The highest BCUT2D eigenvalue weighted by molar-refractivity contribution is 5.85. The van der Waals surface area contributed by atoms with Gasteiger partial charge in [-0.2, -0.15) is 0 Å². The predicted octanol–water partition coefficient (Wildman–Crippen LogP) is 3.98. The van der Waals surface area contributed by atoms with Gasteiger partial charge in [0, 0.05) is 17.0 Å².